The fourth-order valence-corrected chi connectivity index (χ4v) is 3.51. The van der Waals surface area contributed by atoms with Gasteiger partial charge in [-0.2, -0.15) is 0 Å². The average molecular weight is 328 g/mol. The Hall–Kier alpha value is -2.08. The zero-order chi connectivity index (χ0) is 16.4. The molecule has 3 atom stereocenters. The molecule has 1 heterocycles. The van der Waals surface area contributed by atoms with Crippen LogP contribution in [0.4, 0.5) is 0 Å². The van der Waals surface area contributed by atoms with Gasteiger partial charge in [0.15, 0.2) is 17.7 Å². The van der Waals surface area contributed by atoms with Crippen molar-refractivity contribution in [3.8, 4) is 0 Å². The van der Waals surface area contributed by atoms with Crippen LogP contribution in [0.1, 0.15) is 12.5 Å². The highest BCUT2D eigenvalue weighted by atomic mass is 32.2. The second-order valence-corrected chi connectivity index (χ2v) is 6.85. The van der Waals surface area contributed by atoms with E-state index in [1.807, 2.05) is 18.2 Å². The minimum atomic E-state index is -1.28. The molecule has 0 saturated carbocycles. The fourth-order valence-electron chi connectivity index (χ4n) is 2.45. The lowest BCUT2D eigenvalue weighted by Gasteiger charge is -2.32. The Morgan fingerprint density at radius 1 is 1.04 bits per heavy atom. The van der Waals surface area contributed by atoms with Crippen molar-refractivity contribution in [2.45, 2.75) is 28.6 Å². The number of rotatable bonds is 3. The minimum absolute atomic E-state index is 0.236. The molecule has 1 N–H and O–H groups in total. The van der Waals surface area contributed by atoms with Gasteiger partial charge in [0.1, 0.15) is 0 Å². The first-order valence-corrected chi connectivity index (χ1v) is 8.31. The third kappa shape index (κ3) is 3.03. The summed E-state index contributed by atoms with van der Waals surface area (Å²) in [6.07, 6.45) is 1.52. The van der Waals surface area contributed by atoms with Gasteiger partial charge in [-0.25, -0.2) is 4.21 Å². The highest BCUT2D eigenvalue weighted by Gasteiger charge is 2.39. The van der Waals surface area contributed by atoms with Gasteiger partial charge in [0.25, 0.3) is 0 Å². The molecule has 23 heavy (non-hydrogen) atoms. The summed E-state index contributed by atoms with van der Waals surface area (Å²) in [5.74, 6) is -0.236. The summed E-state index contributed by atoms with van der Waals surface area (Å²) in [5.41, 5.74) is -0.624. The van der Waals surface area contributed by atoms with Crippen molar-refractivity contribution in [3.05, 3.63) is 72.3 Å². The predicted octanol–water partition coefficient (Wildman–Crippen LogP) is 2.54. The molecule has 0 aliphatic carbocycles. The second-order valence-electron chi connectivity index (χ2n) is 5.37. The number of hydrogen-bond acceptors (Lipinski definition) is 4. The lowest BCUT2D eigenvalue weighted by Crippen LogP contribution is -2.40. The van der Waals surface area contributed by atoms with Crippen LogP contribution in [0.25, 0.3) is 0 Å². The third-order valence-electron chi connectivity index (χ3n) is 3.82. The summed E-state index contributed by atoms with van der Waals surface area (Å²) in [6.45, 7) is 1.62. The Morgan fingerprint density at radius 3 is 2.30 bits per heavy atom. The van der Waals surface area contributed by atoms with Crippen LogP contribution in [0.5, 0.6) is 0 Å². The number of hydrogen-bond donors (Lipinski definition) is 1. The maximum atomic E-state index is 12.5. The summed E-state index contributed by atoms with van der Waals surface area (Å²) in [5, 5.41) is 9.61. The number of carbonyl (C=O) groups excluding carboxylic acids is 1. The number of aliphatic hydroxyl groups excluding tert-OH is 1. The first-order valence-electron chi connectivity index (χ1n) is 7.16. The summed E-state index contributed by atoms with van der Waals surface area (Å²) in [6, 6.07) is 16.0. The van der Waals surface area contributed by atoms with E-state index in [0.717, 1.165) is 4.90 Å². The Kier molecular flexibility index (Phi) is 4.26. The molecule has 118 valence electrons. The van der Waals surface area contributed by atoms with Gasteiger partial charge in [0.2, 0.25) is 0 Å². The second kappa shape index (κ2) is 6.20. The van der Waals surface area contributed by atoms with Crippen molar-refractivity contribution in [1.82, 2.24) is 0 Å². The molecular weight excluding hydrogens is 312 g/mol. The Balaban J connectivity index is 1.89. The van der Waals surface area contributed by atoms with Crippen LogP contribution < -0.4 is 0 Å². The van der Waals surface area contributed by atoms with Crippen LogP contribution >= 0.6 is 0 Å². The zero-order valence-electron chi connectivity index (χ0n) is 12.5. The van der Waals surface area contributed by atoms with E-state index in [1.54, 1.807) is 43.3 Å². The molecule has 1 unspecified atom stereocenters. The highest BCUT2D eigenvalue weighted by Crippen LogP contribution is 2.32. The zero-order valence-corrected chi connectivity index (χ0v) is 13.3. The largest absolute Gasteiger partial charge is 0.365 e. The van der Waals surface area contributed by atoms with Crippen LogP contribution in [0.2, 0.25) is 0 Å². The molecule has 0 fully saturated rings. The van der Waals surface area contributed by atoms with Crippen molar-refractivity contribution < 1.29 is 18.8 Å². The van der Waals surface area contributed by atoms with E-state index in [0.29, 0.717) is 10.5 Å². The molecule has 0 aromatic heterocycles. The molecule has 2 aromatic carbocycles. The molecule has 0 saturated heterocycles. The van der Waals surface area contributed by atoms with Crippen molar-refractivity contribution in [2.75, 3.05) is 0 Å². The molecular formula is C18H16O4S. The van der Waals surface area contributed by atoms with E-state index in [-0.39, 0.29) is 5.78 Å². The van der Waals surface area contributed by atoms with Gasteiger partial charge in [-0.1, -0.05) is 30.3 Å². The van der Waals surface area contributed by atoms with E-state index in [4.69, 9.17) is 4.74 Å². The van der Waals surface area contributed by atoms with E-state index in [2.05, 4.69) is 0 Å². The maximum absolute atomic E-state index is 12.5. The van der Waals surface area contributed by atoms with Gasteiger partial charge in [-0.3, -0.25) is 4.79 Å². The molecule has 3 rings (SSSR count). The number of ketones is 1. The van der Waals surface area contributed by atoms with Crippen molar-refractivity contribution in [3.63, 3.8) is 0 Å². The van der Waals surface area contributed by atoms with Crippen molar-refractivity contribution in [1.29, 1.82) is 0 Å². The smallest absolute Gasteiger partial charge is 0.191 e. The summed E-state index contributed by atoms with van der Waals surface area (Å²) in [7, 11) is -1.28. The van der Waals surface area contributed by atoms with Crippen molar-refractivity contribution in [2.24, 2.45) is 0 Å². The topological polar surface area (TPSA) is 63.6 Å². The van der Waals surface area contributed by atoms with Crippen LogP contribution in [-0.2, 0) is 25.9 Å². The third-order valence-corrected chi connectivity index (χ3v) is 5.22. The number of ether oxygens (including phenoxy) is 1. The molecule has 2 aromatic rings. The molecule has 4 nitrogen and oxygen atoms in total. The van der Waals surface area contributed by atoms with Gasteiger partial charge in [0.05, 0.1) is 10.8 Å². The lowest BCUT2D eigenvalue weighted by molar-refractivity contribution is -0.177. The molecule has 1 aliphatic heterocycles. The minimum Gasteiger partial charge on any atom is -0.365 e. The van der Waals surface area contributed by atoms with Crippen LogP contribution in [0.3, 0.4) is 0 Å². The number of carbonyl (C=O) groups is 1. The molecule has 1 aliphatic rings. The van der Waals surface area contributed by atoms with E-state index >= 15 is 0 Å². The van der Waals surface area contributed by atoms with Gasteiger partial charge < -0.3 is 9.84 Å². The highest BCUT2D eigenvalue weighted by molar-refractivity contribution is 7.85. The molecule has 0 amide bonds. The Labute approximate surface area is 136 Å². The molecule has 0 spiro atoms. The fraction of sp³-hybridized carbons (Fsp3) is 0.167. The average Bonchev–Trinajstić information content (AvgIpc) is 2.59. The van der Waals surface area contributed by atoms with E-state index in [1.165, 1.54) is 12.2 Å². The summed E-state index contributed by atoms with van der Waals surface area (Å²) >= 11 is 0. The molecule has 0 bridgehead atoms. The maximum Gasteiger partial charge on any atom is 0.191 e. The standard InChI is InChI=1S/C18H16O4S/c1-18(16(19)11-12-17(20)22-18)13-7-9-15(10-8-13)23(21)14-5-3-2-4-6-14/h2-12,17,20H,1H3/t17-,18+,23?/m1/s1. The molecule has 5 heteroatoms. The Morgan fingerprint density at radius 2 is 1.65 bits per heavy atom. The quantitative estimate of drug-likeness (QED) is 0.940. The van der Waals surface area contributed by atoms with Gasteiger partial charge in [-0.15, -0.1) is 0 Å². The number of aliphatic hydroxyl groups is 1. The van der Waals surface area contributed by atoms with Crippen LogP contribution in [-0.4, -0.2) is 21.4 Å². The first kappa shape index (κ1) is 15.8. The van der Waals surface area contributed by atoms with Gasteiger partial charge >= 0.3 is 0 Å². The van der Waals surface area contributed by atoms with Crippen molar-refractivity contribution >= 4 is 16.6 Å². The normalized spacial score (nSPS) is 25.3. The monoisotopic (exact) mass is 328 g/mol. The van der Waals surface area contributed by atoms with Crippen LogP contribution in [0, 0.1) is 0 Å². The van der Waals surface area contributed by atoms with Gasteiger partial charge in [0, 0.05) is 9.79 Å². The Bertz CT molecular complexity index is 767. The summed E-state index contributed by atoms with van der Waals surface area (Å²) < 4.78 is 17.9. The van der Waals surface area contributed by atoms with E-state index < -0.39 is 22.7 Å². The predicted molar refractivity (Wildman–Crippen MR) is 86.1 cm³/mol. The number of benzene rings is 2. The first-order chi connectivity index (χ1) is 11.0. The lowest BCUT2D eigenvalue weighted by atomic mass is 9.89. The molecule has 0 radical (unpaired) electrons. The van der Waals surface area contributed by atoms with Crippen LogP contribution in [0.15, 0.2) is 76.5 Å². The van der Waals surface area contributed by atoms with E-state index in [9.17, 15) is 14.1 Å². The van der Waals surface area contributed by atoms with Gasteiger partial charge in [-0.05, 0) is 48.9 Å². The SMILES string of the molecule is C[C@@]1(c2ccc(S(=O)c3ccccc3)cc2)O[C@@H](O)C=CC1=O. The summed E-state index contributed by atoms with van der Waals surface area (Å²) in [4.78, 5) is 13.5.